The Morgan fingerprint density at radius 2 is 2.00 bits per heavy atom. The van der Waals surface area contributed by atoms with Crippen molar-refractivity contribution in [3.63, 3.8) is 0 Å². The van der Waals surface area contributed by atoms with E-state index < -0.39 is 5.60 Å². The van der Waals surface area contributed by atoms with Crippen molar-refractivity contribution in [1.29, 1.82) is 0 Å². The fourth-order valence-corrected chi connectivity index (χ4v) is 1.13. The summed E-state index contributed by atoms with van der Waals surface area (Å²) in [6, 6.07) is 0.413. The van der Waals surface area contributed by atoms with Gasteiger partial charge in [-0.3, -0.25) is 0 Å². The van der Waals surface area contributed by atoms with E-state index in [1.165, 1.54) is 0 Å². The lowest BCUT2D eigenvalue weighted by molar-refractivity contribution is 0.0523. The van der Waals surface area contributed by atoms with Crippen molar-refractivity contribution in [3.8, 4) is 0 Å². The number of amides is 1. The summed E-state index contributed by atoms with van der Waals surface area (Å²) in [6.07, 6.45) is 1.44. The predicted octanol–water partition coefficient (Wildman–Crippen LogP) is 2.06. The van der Waals surface area contributed by atoms with Crippen LogP contribution in [0.15, 0.2) is 12.7 Å². The highest BCUT2D eigenvalue weighted by atomic mass is 16.6. The second-order valence-corrected chi connectivity index (χ2v) is 4.97. The van der Waals surface area contributed by atoms with Gasteiger partial charge in [0.25, 0.3) is 0 Å². The van der Waals surface area contributed by atoms with Crippen molar-refractivity contribution in [3.05, 3.63) is 12.7 Å². The summed E-state index contributed by atoms with van der Waals surface area (Å²) in [5.41, 5.74) is -0.449. The smallest absolute Gasteiger partial charge is 0.407 e. The third kappa shape index (κ3) is 8.29. The quantitative estimate of drug-likeness (QED) is 0.708. The topological polar surface area (TPSA) is 50.4 Å². The lowest BCUT2D eigenvalue weighted by Gasteiger charge is -2.22. The van der Waals surface area contributed by atoms with E-state index in [2.05, 4.69) is 17.2 Å². The highest BCUT2D eigenvalue weighted by Gasteiger charge is 2.16. The first kappa shape index (κ1) is 15.0. The van der Waals surface area contributed by atoms with Crippen LogP contribution in [0.2, 0.25) is 0 Å². The molecule has 2 unspecified atom stereocenters. The van der Waals surface area contributed by atoms with Crippen LogP contribution in [0, 0.1) is 0 Å². The van der Waals surface area contributed by atoms with Gasteiger partial charge in [-0.15, -0.1) is 6.58 Å². The van der Waals surface area contributed by atoms with Gasteiger partial charge in [-0.25, -0.2) is 4.79 Å². The minimum atomic E-state index is -0.449. The Kier molecular flexibility index (Phi) is 6.11. The molecule has 0 fully saturated rings. The zero-order chi connectivity index (χ0) is 12.8. The molecule has 2 atom stereocenters. The SMILES string of the molecule is C=CC(C)NC(C)CNC(=O)OC(C)(C)C. The van der Waals surface area contributed by atoms with E-state index in [-0.39, 0.29) is 18.2 Å². The molecular formula is C12H24N2O2. The number of nitrogens with one attached hydrogen (secondary N) is 2. The molecule has 0 saturated heterocycles. The van der Waals surface area contributed by atoms with Crippen molar-refractivity contribution in [2.24, 2.45) is 0 Å². The van der Waals surface area contributed by atoms with Crippen LogP contribution in [0.25, 0.3) is 0 Å². The van der Waals surface area contributed by atoms with E-state index in [1.54, 1.807) is 0 Å². The Hall–Kier alpha value is -1.03. The van der Waals surface area contributed by atoms with Crippen molar-refractivity contribution >= 4 is 6.09 Å². The highest BCUT2D eigenvalue weighted by molar-refractivity contribution is 5.67. The Morgan fingerprint density at radius 3 is 2.44 bits per heavy atom. The molecule has 16 heavy (non-hydrogen) atoms. The van der Waals surface area contributed by atoms with Gasteiger partial charge in [0.2, 0.25) is 0 Å². The maximum atomic E-state index is 11.3. The molecule has 4 heteroatoms. The third-order valence-corrected chi connectivity index (χ3v) is 1.85. The largest absolute Gasteiger partial charge is 0.444 e. The number of hydrogen-bond acceptors (Lipinski definition) is 3. The van der Waals surface area contributed by atoms with E-state index in [4.69, 9.17) is 4.74 Å². The predicted molar refractivity (Wildman–Crippen MR) is 66.5 cm³/mol. The van der Waals surface area contributed by atoms with Gasteiger partial charge in [-0.05, 0) is 34.6 Å². The standard InChI is InChI=1S/C12H24N2O2/c1-7-9(2)14-10(3)8-13-11(15)16-12(4,5)6/h7,9-10,14H,1,8H2,2-6H3,(H,13,15). The van der Waals surface area contributed by atoms with Gasteiger partial charge in [-0.2, -0.15) is 0 Å². The van der Waals surface area contributed by atoms with Crippen LogP contribution in [0.1, 0.15) is 34.6 Å². The molecule has 0 aliphatic carbocycles. The maximum Gasteiger partial charge on any atom is 0.407 e. The summed E-state index contributed by atoms with van der Waals surface area (Å²) >= 11 is 0. The lowest BCUT2D eigenvalue weighted by atomic mass is 10.2. The van der Waals surface area contributed by atoms with Gasteiger partial charge >= 0.3 is 6.09 Å². The number of hydrogen-bond donors (Lipinski definition) is 2. The summed E-state index contributed by atoms with van der Waals surface area (Å²) < 4.78 is 5.12. The molecular weight excluding hydrogens is 204 g/mol. The lowest BCUT2D eigenvalue weighted by Crippen LogP contribution is -2.43. The van der Waals surface area contributed by atoms with Crippen molar-refractivity contribution in [1.82, 2.24) is 10.6 Å². The van der Waals surface area contributed by atoms with E-state index in [1.807, 2.05) is 40.7 Å². The van der Waals surface area contributed by atoms with Crippen molar-refractivity contribution in [2.45, 2.75) is 52.3 Å². The summed E-state index contributed by atoms with van der Waals surface area (Å²) in [6.45, 7) is 13.7. The van der Waals surface area contributed by atoms with E-state index >= 15 is 0 Å². The minimum Gasteiger partial charge on any atom is -0.444 e. The second-order valence-electron chi connectivity index (χ2n) is 4.97. The fourth-order valence-electron chi connectivity index (χ4n) is 1.13. The van der Waals surface area contributed by atoms with Crippen LogP contribution in [-0.4, -0.2) is 30.3 Å². The van der Waals surface area contributed by atoms with E-state index in [0.29, 0.717) is 6.54 Å². The normalized spacial score (nSPS) is 15.1. The molecule has 0 aromatic carbocycles. The van der Waals surface area contributed by atoms with Gasteiger partial charge in [0.1, 0.15) is 5.60 Å². The molecule has 94 valence electrons. The van der Waals surface area contributed by atoms with E-state index in [9.17, 15) is 4.79 Å². The summed E-state index contributed by atoms with van der Waals surface area (Å²) in [4.78, 5) is 11.3. The van der Waals surface area contributed by atoms with Gasteiger partial charge < -0.3 is 15.4 Å². The fraction of sp³-hybridized carbons (Fsp3) is 0.750. The number of carbonyl (C=O) groups excluding carboxylic acids is 1. The first-order chi connectivity index (χ1) is 7.24. The highest BCUT2D eigenvalue weighted by Crippen LogP contribution is 2.06. The van der Waals surface area contributed by atoms with Gasteiger partial charge in [-0.1, -0.05) is 6.08 Å². The van der Waals surface area contributed by atoms with Gasteiger partial charge in [0, 0.05) is 18.6 Å². The Bertz CT molecular complexity index is 234. The van der Waals surface area contributed by atoms with E-state index in [0.717, 1.165) is 0 Å². The summed E-state index contributed by atoms with van der Waals surface area (Å²) in [7, 11) is 0. The molecule has 0 spiro atoms. The van der Waals surface area contributed by atoms with Gasteiger partial charge in [0.15, 0.2) is 0 Å². The number of ether oxygens (including phenoxy) is 1. The van der Waals surface area contributed by atoms with Crippen LogP contribution < -0.4 is 10.6 Å². The molecule has 0 aromatic rings. The maximum absolute atomic E-state index is 11.3. The molecule has 0 bridgehead atoms. The van der Waals surface area contributed by atoms with Crippen molar-refractivity contribution in [2.75, 3.05) is 6.54 Å². The monoisotopic (exact) mass is 228 g/mol. The zero-order valence-corrected chi connectivity index (χ0v) is 11.0. The molecule has 4 nitrogen and oxygen atoms in total. The average molecular weight is 228 g/mol. The molecule has 0 saturated carbocycles. The Labute approximate surface area is 98.4 Å². The first-order valence-corrected chi connectivity index (χ1v) is 5.60. The Morgan fingerprint density at radius 1 is 1.44 bits per heavy atom. The molecule has 0 aliphatic heterocycles. The molecule has 0 rings (SSSR count). The van der Waals surface area contributed by atoms with Crippen LogP contribution >= 0.6 is 0 Å². The van der Waals surface area contributed by atoms with Crippen LogP contribution in [0.4, 0.5) is 4.79 Å². The van der Waals surface area contributed by atoms with Gasteiger partial charge in [0.05, 0.1) is 0 Å². The average Bonchev–Trinajstić information content (AvgIpc) is 2.12. The van der Waals surface area contributed by atoms with Crippen LogP contribution in [-0.2, 0) is 4.74 Å². The molecule has 0 aromatic heterocycles. The van der Waals surface area contributed by atoms with Crippen LogP contribution in [0.3, 0.4) is 0 Å². The second kappa shape index (κ2) is 6.53. The minimum absolute atomic E-state index is 0.181. The van der Waals surface area contributed by atoms with Crippen LogP contribution in [0.5, 0.6) is 0 Å². The molecule has 1 amide bonds. The number of alkyl carbamates (subject to hydrolysis) is 1. The summed E-state index contributed by atoms with van der Waals surface area (Å²) in [5.74, 6) is 0. The number of rotatable bonds is 5. The number of carbonyl (C=O) groups is 1. The first-order valence-electron chi connectivity index (χ1n) is 5.60. The third-order valence-electron chi connectivity index (χ3n) is 1.85. The Balaban J connectivity index is 3.79. The molecule has 2 N–H and O–H groups in total. The summed E-state index contributed by atoms with van der Waals surface area (Å²) in [5, 5.41) is 5.97. The van der Waals surface area contributed by atoms with Crippen molar-refractivity contribution < 1.29 is 9.53 Å². The molecule has 0 aliphatic rings. The zero-order valence-electron chi connectivity index (χ0n) is 11.0. The molecule has 0 radical (unpaired) electrons. The molecule has 0 heterocycles.